The molecule has 1 aromatic heterocycles. The molecule has 3 rings (SSSR count). The number of aromatic nitrogens is 1. The van der Waals surface area contributed by atoms with Gasteiger partial charge in [-0.05, 0) is 24.6 Å². The Kier molecular flexibility index (Phi) is 4.19. The Bertz CT molecular complexity index is 603. The number of ether oxygens (including phenoxy) is 2. The molecular weight excluding hydrogens is 264 g/mol. The Hall–Kier alpha value is -1.49. The molecule has 0 bridgehead atoms. The molecule has 1 fully saturated rings. The maximum absolute atomic E-state index is 6.56. The van der Waals surface area contributed by atoms with E-state index < -0.39 is 0 Å². The van der Waals surface area contributed by atoms with Crippen LogP contribution in [-0.2, 0) is 9.47 Å². The molecule has 2 heterocycles. The molecule has 0 amide bonds. The Morgan fingerprint density at radius 1 is 1.33 bits per heavy atom. The summed E-state index contributed by atoms with van der Waals surface area (Å²) >= 11 is 0. The first kappa shape index (κ1) is 14.4. The Morgan fingerprint density at radius 2 is 2.10 bits per heavy atom. The van der Waals surface area contributed by atoms with Crippen LogP contribution in [-0.4, -0.2) is 30.4 Å². The molecule has 1 aliphatic heterocycles. The standard InChI is InChI=1S/C17H22N2O2/c1-2-21-17(7-9-20-10-8-17)16(18)14-11-13-5-3-4-6-15(13)19-12-14/h3-6,11-12,16H,2,7-10,18H2,1H3. The van der Waals surface area contributed by atoms with Gasteiger partial charge < -0.3 is 15.2 Å². The molecule has 0 saturated carbocycles. The van der Waals surface area contributed by atoms with Gasteiger partial charge in [0.25, 0.3) is 0 Å². The highest BCUT2D eigenvalue weighted by molar-refractivity contribution is 5.78. The van der Waals surface area contributed by atoms with Crippen molar-refractivity contribution in [3.8, 4) is 0 Å². The normalized spacial score (nSPS) is 19.5. The lowest BCUT2D eigenvalue weighted by Crippen LogP contribution is -2.48. The number of hydrogen-bond donors (Lipinski definition) is 1. The summed E-state index contributed by atoms with van der Waals surface area (Å²) in [6.45, 7) is 4.08. The van der Waals surface area contributed by atoms with E-state index in [9.17, 15) is 0 Å². The van der Waals surface area contributed by atoms with E-state index in [1.54, 1.807) is 0 Å². The van der Waals surface area contributed by atoms with Crippen LogP contribution in [0.3, 0.4) is 0 Å². The second kappa shape index (κ2) is 6.10. The average molecular weight is 286 g/mol. The summed E-state index contributed by atoms with van der Waals surface area (Å²) in [7, 11) is 0. The largest absolute Gasteiger partial charge is 0.381 e. The summed E-state index contributed by atoms with van der Waals surface area (Å²) in [5.41, 5.74) is 8.25. The van der Waals surface area contributed by atoms with Crippen LogP contribution in [0.15, 0.2) is 36.5 Å². The molecule has 1 unspecified atom stereocenters. The van der Waals surface area contributed by atoms with Gasteiger partial charge in [-0.1, -0.05) is 18.2 Å². The van der Waals surface area contributed by atoms with Gasteiger partial charge in [-0.3, -0.25) is 4.98 Å². The fraction of sp³-hybridized carbons (Fsp3) is 0.471. The first-order chi connectivity index (χ1) is 10.2. The molecule has 1 atom stereocenters. The third-order valence-corrected chi connectivity index (χ3v) is 4.31. The maximum atomic E-state index is 6.56. The molecule has 1 aromatic carbocycles. The second-order valence-corrected chi connectivity index (χ2v) is 5.55. The first-order valence-corrected chi connectivity index (χ1v) is 7.57. The van der Waals surface area contributed by atoms with E-state index in [1.807, 2.05) is 31.3 Å². The lowest BCUT2D eigenvalue weighted by molar-refractivity contribution is -0.121. The molecule has 1 aliphatic rings. The van der Waals surface area contributed by atoms with Gasteiger partial charge in [0.2, 0.25) is 0 Å². The number of pyridine rings is 1. The molecule has 0 aliphatic carbocycles. The van der Waals surface area contributed by atoms with Crippen LogP contribution in [0.1, 0.15) is 31.4 Å². The number of para-hydroxylation sites is 1. The Labute approximate surface area is 125 Å². The predicted octanol–water partition coefficient (Wildman–Crippen LogP) is 2.82. The van der Waals surface area contributed by atoms with Crippen molar-refractivity contribution in [1.82, 2.24) is 4.98 Å². The smallest absolute Gasteiger partial charge is 0.0918 e. The molecule has 4 heteroatoms. The summed E-state index contributed by atoms with van der Waals surface area (Å²) in [5, 5.41) is 1.11. The lowest BCUT2D eigenvalue weighted by atomic mass is 9.83. The predicted molar refractivity (Wildman–Crippen MR) is 83.1 cm³/mol. The van der Waals surface area contributed by atoms with Gasteiger partial charge in [-0.25, -0.2) is 0 Å². The highest BCUT2D eigenvalue weighted by atomic mass is 16.5. The zero-order valence-corrected chi connectivity index (χ0v) is 12.4. The minimum absolute atomic E-state index is 0.182. The summed E-state index contributed by atoms with van der Waals surface area (Å²) in [5.74, 6) is 0. The summed E-state index contributed by atoms with van der Waals surface area (Å²) in [4.78, 5) is 4.52. The summed E-state index contributed by atoms with van der Waals surface area (Å²) in [6, 6.07) is 10.0. The van der Waals surface area contributed by atoms with Gasteiger partial charge in [0, 0.05) is 44.2 Å². The minimum Gasteiger partial charge on any atom is -0.381 e. The van der Waals surface area contributed by atoms with Crippen molar-refractivity contribution in [2.45, 2.75) is 31.4 Å². The molecule has 4 nitrogen and oxygen atoms in total. The Morgan fingerprint density at radius 3 is 2.86 bits per heavy atom. The van der Waals surface area contributed by atoms with Gasteiger partial charge in [0.1, 0.15) is 0 Å². The van der Waals surface area contributed by atoms with Crippen LogP contribution in [0.4, 0.5) is 0 Å². The van der Waals surface area contributed by atoms with Crippen LogP contribution in [0, 0.1) is 0 Å². The average Bonchev–Trinajstić information content (AvgIpc) is 2.55. The van der Waals surface area contributed by atoms with E-state index in [-0.39, 0.29) is 11.6 Å². The molecular formula is C17H22N2O2. The number of hydrogen-bond acceptors (Lipinski definition) is 4. The van der Waals surface area contributed by atoms with Crippen molar-refractivity contribution in [3.63, 3.8) is 0 Å². The van der Waals surface area contributed by atoms with Crippen LogP contribution in [0.2, 0.25) is 0 Å². The molecule has 2 N–H and O–H groups in total. The van der Waals surface area contributed by atoms with Crippen molar-refractivity contribution >= 4 is 10.9 Å². The first-order valence-electron chi connectivity index (χ1n) is 7.57. The van der Waals surface area contributed by atoms with E-state index in [1.165, 1.54) is 0 Å². The molecule has 0 spiro atoms. The van der Waals surface area contributed by atoms with E-state index in [0.717, 1.165) is 29.3 Å². The summed E-state index contributed by atoms with van der Waals surface area (Å²) in [6.07, 6.45) is 3.53. The Balaban J connectivity index is 1.95. The topological polar surface area (TPSA) is 57.4 Å². The lowest BCUT2D eigenvalue weighted by Gasteiger charge is -2.41. The van der Waals surface area contributed by atoms with Crippen molar-refractivity contribution < 1.29 is 9.47 Å². The van der Waals surface area contributed by atoms with Gasteiger partial charge >= 0.3 is 0 Å². The molecule has 1 saturated heterocycles. The molecule has 2 aromatic rings. The number of rotatable bonds is 4. The summed E-state index contributed by atoms with van der Waals surface area (Å²) < 4.78 is 11.5. The third kappa shape index (κ3) is 2.79. The van der Waals surface area contributed by atoms with E-state index in [2.05, 4.69) is 17.1 Å². The van der Waals surface area contributed by atoms with Gasteiger partial charge in [0.15, 0.2) is 0 Å². The van der Waals surface area contributed by atoms with Crippen molar-refractivity contribution in [2.24, 2.45) is 5.73 Å². The van der Waals surface area contributed by atoms with Crippen molar-refractivity contribution in [1.29, 1.82) is 0 Å². The number of fused-ring (bicyclic) bond motifs is 1. The number of nitrogens with zero attached hydrogens (tertiary/aromatic N) is 1. The minimum atomic E-state index is -0.336. The second-order valence-electron chi connectivity index (χ2n) is 5.55. The van der Waals surface area contributed by atoms with Crippen LogP contribution in [0.25, 0.3) is 10.9 Å². The van der Waals surface area contributed by atoms with Crippen LogP contribution >= 0.6 is 0 Å². The van der Waals surface area contributed by atoms with E-state index in [4.69, 9.17) is 15.2 Å². The monoisotopic (exact) mass is 286 g/mol. The fourth-order valence-corrected chi connectivity index (χ4v) is 3.11. The zero-order valence-electron chi connectivity index (χ0n) is 12.4. The van der Waals surface area contributed by atoms with Gasteiger partial charge in [-0.2, -0.15) is 0 Å². The molecule has 112 valence electrons. The van der Waals surface area contributed by atoms with Crippen molar-refractivity contribution in [2.75, 3.05) is 19.8 Å². The van der Waals surface area contributed by atoms with E-state index in [0.29, 0.717) is 19.8 Å². The highest BCUT2D eigenvalue weighted by Gasteiger charge is 2.40. The SMILES string of the molecule is CCOC1(C(N)c2cnc3ccccc3c2)CCOCC1. The van der Waals surface area contributed by atoms with E-state index >= 15 is 0 Å². The zero-order chi connectivity index (χ0) is 14.7. The quantitative estimate of drug-likeness (QED) is 0.939. The van der Waals surface area contributed by atoms with Crippen molar-refractivity contribution in [3.05, 3.63) is 42.1 Å². The fourth-order valence-electron chi connectivity index (χ4n) is 3.11. The number of nitrogens with two attached hydrogens (primary N) is 1. The molecule has 21 heavy (non-hydrogen) atoms. The number of benzene rings is 1. The highest BCUT2D eigenvalue weighted by Crippen LogP contribution is 2.36. The van der Waals surface area contributed by atoms with Crippen LogP contribution < -0.4 is 5.73 Å². The maximum Gasteiger partial charge on any atom is 0.0918 e. The molecule has 0 radical (unpaired) electrons. The van der Waals surface area contributed by atoms with Crippen LogP contribution in [0.5, 0.6) is 0 Å². The van der Waals surface area contributed by atoms with Gasteiger partial charge in [0.05, 0.1) is 17.2 Å². The van der Waals surface area contributed by atoms with Gasteiger partial charge in [-0.15, -0.1) is 0 Å². The third-order valence-electron chi connectivity index (χ3n) is 4.31.